The summed E-state index contributed by atoms with van der Waals surface area (Å²) in [5.41, 5.74) is 1.75. The molecule has 0 saturated heterocycles. The number of nitrogens with one attached hydrogen (secondary N) is 1. The Labute approximate surface area is 166 Å². The Morgan fingerprint density at radius 2 is 1.79 bits per heavy atom. The first-order chi connectivity index (χ1) is 13.4. The van der Waals surface area contributed by atoms with Crippen LogP contribution < -0.4 is 10.1 Å². The van der Waals surface area contributed by atoms with Crippen molar-refractivity contribution in [2.24, 2.45) is 4.40 Å². The first-order valence-corrected chi connectivity index (χ1v) is 10.1. The summed E-state index contributed by atoms with van der Waals surface area (Å²) in [5, 5.41) is 3.33. The maximum atomic E-state index is 13.1. The van der Waals surface area contributed by atoms with E-state index >= 15 is 0 Å². The molecule has 3 aromatic rings. The summed E-state index contributed by atoms with van der Waals surface area (Å²) in [6, 6.07) is 17.5. The second kappa shape index (κ2) is 7.26. The monoisotopic (exact) mass is 416 g/mol. The van der Waals surface area contributed by atoms with Gasteiger partial charge in [0.25, 0.3) is 10.0 Å². The minimum absolute atomic E-state index is 0.148. The van der Waals surface area contributed by atoms with E-state index in [4.69, 9.17) is 16.3 Å². The van der Waals surface area contributed by atoms with Gasteiger partial charge in [0.2, 0.25) is 0 Å². The number of hydrogen-bond donors (Lipinski definition) is 1. The number of sulfonamides is 1. The third-order valence-electron chi connectivity index (χ3n) is 4.17. The lowest BCUT2D eigenvalue weighted by Gasteiger charge is -2.18. The molecular weight excluding hydrogens is 403 g/mol. The van der Waals surface area contributed by atoms with Crippen molar-refractivity contribution in [2.75, 3.05) is 5.32 Å². The maximum absolute atomic E-state index is 13.1. The van der Waals surface area contributed by atoms with Crippen molar-refractivity contribution < 1.29 is 17.5 Å². The van der Waals surface area contributed by atoms with Crippen LogP contribution in [-0.2, 0) is 16.6 Å². The van der Waals surface area contributed by atoms with E-state index in [0.717, 1.165) is 0 Å². The predicted molar refractivity (Wildman–Crippen MR) is 106 cm³/mol. The first kappa shape index (κ1) is 18.5. The van der Waals surface area contributed by atoms with E-state index in [-0.39, 0.29) is 17.3 Å². The van der Waals surface area contributed by atoms with Gasteiger partial charge in [-0.3, -0.25) is 0 Å². The number of benzene rings is 3. The van der Waals surface area contributed by atoms with Gasteiger partial charge in [0, 0.05) is 11.1 Å². The lowest BCUT2D eigenvalue weighted by molar-refractivity contribution is 0.306. The molecule has 0 fully saturated rings. The summed E-state index contributed by atoms with van der Waals surface area (Å²) >= 11 is 5.99. The SMILES string of the molecule is O=S1(=O)N=C(c2ccc(OCc3ccc(F)cc3Cl)cc2)Nc2ccccc21. The van der Waals surface area contributed by atoms with Crippen molar-refractivity contribution in [3.63, 3.8) is 0 Å². The second-order valence-electron chi connectivity index (χ2n) is 6.08. The molecule has 28 heavy (non-hydrogen) atoms. The molecule has 0 aliphatic carbocycles. The fourth-order valence-corrected chi connectivity index (χ4v) is 4.11. The largest absolute Gasteiger partial charge is 0.489 e. The molecule has 0 bridgehead atoms. The molecule has 1 aliphatic heterocycles. The summed E-state index contributed by atoms with van der Waals surface area (Å²) in [7, 11) is -3.76. The number of amidine groups is 1. The summed E-state index contributed by atoms with van der Waals surface area (Å²) in [5.74, 6) is 0.394. The minimum Gasteiger partial charge on any atom is -0.489 e. The number of fused-ring (bicyclic) bond motifs is 1. The first-order valence-electron chi connectivity index (χ1n) is 8.30. The molecule has 8 heteroatoms. The van der Waals surface area contributed by atoms with Crippen LogP contribution in [0.3, 0.4) is 0 Å². The van der Waals surface area contributed by atoms with Gasteiger partial charge >= 0.3 is 0 Å². The van der Waals surface area contributed by atoms with Crippen molar-refractivity contribution in [3.05, 3.63) is 88.7 Å². The van der Waals surface area contributed by atoms with Gasteiger partial charge in [0.05, 0.1) is 10.7 Å². The van der Waals surface area contributed by atoms with Gasteiger partial charge in [0.15, 0.2) is 5.84 Å². The Kier molecular flexibility index (Phi) is 4.78. The number of ether oxygens (including phenoxy) is 1. The van der Waals surface area contributed by atoms with Crippen LogP contribution in [0.2, 0.25) is 5.02 Å². The molecule has 5 nitrogen and oxygen atoms in total. The fourth-order valence-electron chi connectivity index (χ4n) is 2.75. The average Bonchev–Trinajstić information content (AvgIpc) is 2.67. The van der Waals surface area contributed by atoms with E-state index < -0.39 is 15.8 Å². The lowest BCUT2D eigenvalue weighted by Crippen LogP contribution is -2.22. The van der Waals surface area contributed by atoms with Crippen molar-refractivity contribution >= 4 is 33.1 Å². The van der Waals surface area contributed by atoms with Crippen LogP contribution in [0.15, 0.2) is 76.0 Å². The maximum Gasteiger partial charge on any atom is 0.286 e. The molecule has 0 saturated carbocycles. The number of nitrogens with zero attached hydrogens (tertiary/aromatic N) is 1. The van der Waals surface area contributed by atoms with E-state index in [1.807, 2.05) is 0 Å². The third-order valence-corrected chi connectivity index (χ3v) is 5.85. The normalized spacial score (nSPS) is 14.6. The lowest BCUT2D eigenvalue weighted by atomic mass is 10.2. The molecule has 0 aromatic heterocycles. The van der Waals surface area contributed by atoms with E-state index in [9.17, 15) is 12.8 Å². The van der Waals surface area contributed by atoms with Crippen LogP contribution in [0.25, 0.3) is 0 Å². The topological polar surface area (TPSA) is 67.8 Å². The highest BCUT2D eigenvalue weighted by Crippen LogP contribution is 2.28. The highest BCUT2D eigenvalue weighted by molar-refractivity contribution is 7.90. The summed E-state index contributed by atoms with van der Waals surface area (Å²) in [6.45, 7) is 0.180. The van der Waals surface area contributed by atoms with Crippen LogP contribution in [0.5, 0.6) is 5.75 Å². The molecule has 0 amide bonds. The second-order valence-corrected chi connectivity index (χ2v) is 8.06. The van der Waals surface area contributed by atoms with Crippen molar-refractivity contribution in [1.82, 2.24) is 0 Å². The van der Waals surface area contributed by atoms with E-state index in [2.05, 4.69) is 9.71 Å². The molecular formula is C20H14ClFN2O3S. The number of anilines is 1. The molecule has 0 unspecified atom stereocenters. The van der Waals surface area contributed by atoms with Crippen molar-refractivity contribution in [3.8, 4) is 5.75 Å². The van der Waals surface area contributed by atoms with Gasteiger partial charge in [0.1, 0.15) is 23.1 Å². The minimum atomic E-state index is -3.76. The molecule has 0 spiro atoms. The highest BCUT2D eigenvalue weighted by atomic mass is 35.5. The van der Waals surface area contributed by atoms with E-state index in [0.29, 0.717) is 27.6 Å². The molecule has 4 rings (SSSR count). The third kappa shape index (κ3) is 3.72. The molecule has 1 N–H and O–H groups in total. The zero-order valence-corrected chi connectivity index (χ0v) is 16.0. The average molecular weight is 417 g/mol. The number of para-hydroxylation sites is 1. The number of rotatable bonds is 4. The summed E-state index contributed by atoms with van der Waals surface area (Å²) in [6.07, 6.45) is 0. The molecule has 3 aromatic carbocycles. The van der Waals surface area contributed by atoms with Crippen LogP contribution in [0.4, 0.5) is 10.1 Å². The van der Waals surface area contributed by atoms with Gasteiger partial charge in [-0.2, -0.15) is 8.42 Å². The standard InChI is InChI=1S/C20H14ClFN2O3S/c21-17-11-15(22)8-5-14(17)12-27-16-9-6-13(7-10-16)20-23-18-3-1-2-4-19(18)28(25,26)24-20/h1-11H,12H2,(H,23,24). The van der Waals surface area contributed by atoms with Gasteiger partial charge in [-0.1, -0.05) is 29.8 Å². The summed E-state index contributed by atoms with van der Waals surface area (Å²) < 4.78 is 47.3. The smallest absolute Gasteiger partial charge is 0.286 e. The van der Waals surface area contributed by atoms with Gasteiger partial charge in [-0.05, 0) is 48.5 Å². The Bertz CT molecular complexity index is 1180. The number of hydrogen-bond acceptors (Lipinski definition) is 4. The highest BCUT2D eigenvalue weighted by Gasteiger charge is 2.24. The van der Waals surface area contributed by atoms with E-state index in [1.54, 1.807) is 48.5 Å². The van der Waals surface area contributed by atoms with Gasteiger partial charge < -0.3 is 10.1 Å². The van der Waals surface area contributed by atoms with Crippen LogP contribution in [-0.4, -0.2) is 14.3 Å². The zero-order valence-electron chi connectivity index (χ0n) is 14.4. The fraction of sp³-hybridized carbons (Fsp3) is 0.0500. The van der Waals surface area contributed by atoms with E-state index in [1.165, 1.54) is 18.2 Å². The Morgan fingerprint density at radius 1 is 1.04 bits per heavy atom. The molecule has 1 heterocycles. The quantitative estimate of drug-likeness (QED) is 0.673. The Balaban J connectivity index is 1.52. The van der Waals surface area contributed by atoms with Gasteiger partial charge in [-0.25, -0.2) is 4.39 Å². The van der Waals surface area contributed by atoms with Gasteiger partial charge in [-0.15, -0.1) is 4.40 Å². The molecule has 1 aliphatic rings. The molecule has 0 atom stereocenters. The zero-order chi connectivity index (χ0) is 19.7. The van der Waals surface area contributed by atoms with Crippen molar-refractivity contribution in [1.29, 1.82) is 0 Å². The van der Waals surface area contributed by atoms with Crippen LogP contribution in [0, 0.1) is 5.82 Å². The Hall–Kier alpha value is -2.90. The predicted octanol–water partition coefficient (Wildman–Crippen LogP) is 4.62. The van der Waals surface area contributed by atoms with Crippen molar-refractivity contribution in [2.45, 2.75) is 11.5 Å². The van der Waals surface area contributed by atoms with Crippen LogP contribution >= 0.6 is 11.6 Å². The number of halogens is 2. The Morgan fingerprint density at radius 3 is 2.54 bits per heavy atom. The summed E-state index contributed by atoms with van der Waals surface area (Å²) in [4.78, 5) is 0.148. The molecule has 0 radical (unpaired) electrons. The van der Waals surface area contributed by atoms with Crippen LogP contribution in [0.1, 0.15) is 11.1 Å². The molecule has 142 valence electrons.